The van der Waals surface area contributed by atoms with Crippen LogP contribution >= 0.6 is 0 Å². The van der Waals surface area contributed by atoms with E-state index < -0.39 is 10.0 Å². The van der Waals surface area contributed by atoms with E-state index in [2.05, 4.69) is 17.0 Å². The van der Waals surface area contributed by atoms with E-state index in [1.54, 1.807) is 11.4 Å². The molecule has 0 saturated carbocycles. The van der Waals surface area contributed by atoms with Gasteiger partial charge in [-0.15, -0.1) is 0 Å². The van der Waals surface area contributed by atoms with Gasteiger partial charge in [-0.1, -0.05) is 25.5 Å². The third-order valence-electron chi connectivity index (χ3n) is 4.35. The Morgan fingerprint density at radius 3 is 2.43 bits per heavy atom. The van der Waals surface area contributed by atoms with Crippen LogP contribution in [0.5, 0.6) is 5.75 Å². The first kappa shape index (κ1) is 18.2. The third-order valence-corrected chi connectivity index (χ3v) is 6.30. The van der Waals surface area contributed by atoms with Crippen LogP contribution in [-0.2, 0) is 16.6 Å². The standard InChI is InChI=1S/C17H28N2O3S/c1-4-5-12-23(20,21)19-10-8-18(9-11-19)14-16-6-7-17(22-3)15(2)13-16/h6-7,13H,4-5,8-12,14H2,1-3H3. The summed E-state index contributed by atoms with van der Waals surface area (Å²) in [7, 11) is -1.39. The molecule has 0 spiro atoms. The highest BCUT2D eigenvalue weighted by Gasteiger charge is 2.26. The van der Waals surface area contributed by atoms with Crippen LogP contribution < -0.4 is 4.74 Å². The minimum atomic E-state index is -3.07. The minimum absolute atomic E-state index is 0.279. The van der Waals surface area contributed by atoms with Gasteiger partial charge in [0.2, 0.25) is 10.0 Å². The highest BCUT2D eigenvalue weighted by molar-refractivity contribution is 7.89. The second-order valence-electron chi connectivity index (χ2n) is 6.15. The molecular formula is C17H28N2O3S. The molecule has 1 aliphatic heterocycles. The lowest BCUT2D eigenvalue weighted by Gasteiger charge is -2.34. The van der Waals surface area contributed by atoms with Crippen molar-refractivity contribution in [1.82, 2.24) is 9.21 Å². The summed E-state index contributed by atoms with van der Waals surface area (Å²) in [5.41, 5.74) is 2.37. The summed E-state index contributed by atoms with van der Waals surface area (Å²) < 4.78 is 31.4. The van der Waals surface area contributed by atoms with E-state index in [4.69, 9.17) is 4.74 Å². The van der Waals surface area contributed by atoms with Gasteiger partial charge in [-0.05, 0) is 30.5 Å². The van der Waals surface area contributed by atoms with Gasteiger partial charge >= 0.3 is 0 Å². The molecule has 1 heterocycles. The number of hydrogen-bond acceptors (Lipinski definition) is 4. The molecule has 1 saturated heterocycles. The van der Waals surface area contributed by atoms with Crippen molar-refractivity contribution in [2.45, 2.75) is 33.2 Å². The summed E-state index contributed by atoms with van der Waals surface area (Å²) in [5, 5.41) is 0. The van der Waals surface area contributed by atoms with E-state index >= 15 is 0 Å². The number of benzene rings is 1. The van der Waals surface area contributed by atoms with Gasteiger partial charge in [0.1, 0.15) is 5.75 Å². The summed E-state index contributed by atoms with van der Waals surface area (Å²) in [4.78, 5) is 2.31. The molecule has 0 atom stereocenters. The Kier molecular flexibility index (Phi) is 6.44. The number of nitrogens with zero attached hydrogens (tertiary/aromatic N) is 2. The van der Waals surface area contributed by atoms with Crippen LogP contribution in [0.2, 0.25) is 0 Å². The van der Waals surface area contributed by atoms with Gasteiger partial charge in [0, 0.05) is 32.7 Å². The third kappa shape index (κ3) is 4.93. The summed E-state index contributed by atoms with van der Waals surface area (Å²) in [6.45, 7) is 7.69. The van der Waals surface area contributed by atoms with Crippen LogP contribution in [0.25, 0.3) is 0 Å². The quantitative estimate of drug-likeness (QED) is 0.764. The van der Waals surface area contributed by atoms with Crippen LogP contribution in [0, 0.1) is 6.92 Å². The topological polar surface area (TPSA) is 49.9 Å². The van der Waals surface area contributed by atoms with Crippen LogP contribution in [-0.4, -0.2) is 56.7 Å². The maximum atomic E-state index is 12.2. The maximum absolute atomic E-state index is 12.2. The van der Waals surface area contributed by atoms with Crippen molar-refractivity contribution in [1.29, 1.82) is 0 Å². The smallest absolute Gasteiger partial charge is 0.214 e. The van der Waals surface area contributed by atoms with Crippen molar-refractivity contribution in [3.8, 4) is 5.75 Å². The fourth-order valence-corrected chi connectivity index (χ4v) is 4.55. The van der Waals surface area contributed by atoms with E-state index in [1.165, 1.54) is 5.56 Å². The number of aryl methyl sites for hydroxylation is 1. The number of hydrogen-bond donors (Lipinski definition) is 0. The molecule has 5 nitrogen and oxygen atoms in total. The van der Waals surface area contributed by atoms with Gasteiger partial charge in [-0.2, -0.15) is 4.31 Å². The molecule has 1 aromatic rings. The van der Waals surface area contributed by atoms with E-state index in [-0.39, 0.29) is 5.75 Å². The molecule has 130 valence electrons. The van der Waals surface area contributed by atoms with Crippen molar-refractivity contribution >= 4 is 10.0 Å². The second-order valence-corrected chi connectivity index (χ2v) is 8.24. The average Bonchev–Trinajstić information content (AvgIpc) is 2.54. The zero-order chi connectivity index (χ0) is 16.9. The predicted octanol–water partition coefficient (Wildman–Crippen LogP) is 2.25. The molecule has 0 amide bonds. The second kappa shape index (κ2) is 8.13. The number of piperazine rings is 1. The van der Waals surface area contributed by atoms with Gasteiger partial charge in [0.05, 0.1) is 12.9 Å². The lowest BCUT2D eigenvalue weighted by atomic mass is 10.1. The first-order chi connectivity index (χ1) is 11.0. The zero-order valence-electron chi connectivity index (χ0n) is 14.4. The summed E-state index contributed by atoms with van der Waals surface area (Å²) in [5.74, 6) is 1.18. The van der Waals surface area contributed by atoms with Gasteiger partial charge in [0.25, 0.3) is 0 Å². The zero-order valence-corrected chi connectivity index (χ0v) is 15.2. The van der Waals surface area contributed by atoms with E-state index in [9.17, 15) is 8.42 Å². The highest BCUT2D eigenvalue weighted by Crippen LogP contribution is 2.20. The van der Waals surface area contributed by atoms with E-state index in [0.717, 1.165) is 43.8 Å². The Morgan fingerprint density at radius 2 is 1.87 bits per heavy atom. The number of ether oxygens (including phenoxy) is 1. The van der Waals surface area contributed by atoms with E-state index in [1.807, 2.05) is 19.9 Å². The molecule has 0 unspecified atom stereocenters. The van der Waals surface area contributed by atoms with Gasteiger partial charge in [-0.3, -0.25) is 4.90 Å². The Balaban J connectivity index is 1.88. The lowest BCUT2D eigenvalue weighted by Crippen LogP contribution is -2.48. The Bertz CT molecular complexity index is 608. The monoisotopic (exact) mass is 340 g/mol. The highest BCUT2D eigenvalue weighted by atomic mass is 32.2. The number of rotatable bonds is 7. The first-order valence-electron chi connectivity index (χ1n) is 8.30. The van der Waals surface area contributed by atoms with Crippen molar-refractivity contribution < 1.29 is 13.2 Å². The first-order valence-corrected chi connectivity index (χ1v) is 9.91. The molecule has 0 radical (unpaired) electrons. The minimum Gasteiger partial charge on any atom is -0.496 e. The molecule has 1 fully saturated rings. The van der Waals surface area contributed by atoms with Gasteiger partial charge in [0.15, 0.2) is 0 Å². The Hall–Kier alpha value is -1.11. The molecule has 1 aliphatic rings. The predicted molar refractivity (Wildman–Crippen MR) is 93.3 cm³/mol. The van der Waals surface area contributed by atoms with Crippen LogP contribution in [0.15, 0.2) is 18.2 Å². The van der Waals surface area contributed by atoms with E-state index in [0.29, 0.717) is 13.1 Å². The molecule has 0 bridgehead atoms. The molecule has 23 heavy (non-hydrogen) atoms. The van der Waals surface area contributed by atoms with Crippen molar-refractivity contribution in [3.05, 3.63) is 29.3 Å². The molecule has 1 aromatic carbocycles. The largest absolute Gasteiger partial charge is 0.496 e. The van der Waals surface area contributed by atoms with Gasteiger partial charge < -0.3 is 4.74 Å². The summed E-state index contributed by atoms with van der Waals surface area (Å²) in [6.07, 6.45) is 1.66. The molecule has 0 aromatic heterocycles. The summed E-state index contributed by atoms with van der Waals surface area (Å²) >= 11 is 0. The van der Waals surface area contributed by atoms with Crippen LogP contribution in [0.3, 0.4) is 0 Å². The van der Waals surface area contributed by atoms with Crippen molar-refractivity contribution in [2.24, 2.45) is 0 Å². The van der Waals surface area contributed by atoms with Crippen LogP contribution in [0.1, 0.15) is 30.9 Å². The van der Waals surface area contributed by atoms with Crippen LogP contribution in [0.4, 0.5) is 0 Å². The number of methoxy groups -OCH3 is 1. The van der Waals surface area contributed by atoms with Crippen molar-refractivity contribution in [2.75, 3.05) is 39.0 Å². The molecular weight excluding hydrogens is 312 g/mol. The maximum Gasteiger partial charge on any atom is 0.214 e. The SMILES string of the molecule is CCCCS(=O)(=O)N1CCN(Cc2ccc(OC)c(C)c2)CC1. The number of sulfonamides is 1. The number of unbranched alkanes of at least 4 members (excludes halogenated alkanes) is 1. The Labute approximate surface area is 140 Å². The Morgan fingerprint density at radius 1 is 1.17 bits per heavy atom. The lowest BCUT2D eigenvalue weighted by molar-refractivity contribution is 0.181. The fourth-order valence-electron chi connectivity index (χ4n) is 2.92. The molecule has 0 N–H and O–H groups in total. The normalized spacial score (nSPS) is 17.3. The molecule has 0 aliphatic carbocycles. The van der Waals surface area contributed by atoms with Crippen molar-refractivity contribution in [3.63, 3.8) is 0 Å². The molecule has 2 rings (SSSR count). The van der Waals surface area contributed by atoms with Gasteiger partial charge in [-0.25, -0.2) is 8.42 Å². The fraction of sp³-hybridized carbons (Fsp3) is 0.647. The molecule has 6 heteroatoms. The summed E-state index contributed by atoms with van der Waals surface area (Å²) in [6, 6.07) is 6.22. The average molecular weight is 340 g/mol.